The van der Waals surface area contributed by atoms with Crippen LogP contribution in [-0.2, 0) is 4.65 Å². The minimum Gasteiger partial charge on any atom is -0.860 e. The van der Waals surface area contributed by atoms with Crippen LogP contribution < -0.4 is 19.8 Å². The minimum atomic E-state index is -4.15. The Morgan fingerprint density at radius 3 is 0.745 bits per heavy atom. The van der Waals surface area contributed by atoms with Crippen molar-refractivity contribution < 1.29 is 90.4 Å². The molecule has 0 heterocycles. The summed E-state index contributed by atoms with van der Waals surface area (Å²) in [6.07, 6.45) is 0. The molecule has 0 bridgehead atoms. The standard InChI is InChI=1S/C20BF15O3.2C3H9N/c22-5-2(6(23)12(29)17(34)11(5)28)1(3-7(24)13(30)18(35)14(31)8(3)25)20(39-21(37)38)4-9(26)15(32)19(36)16(33)10(4)27;2*1-4(2)3/h;2*1-3H3/q-2;;/p+2. The smallest absolute Gasteiger partial charge is 0.200 e. The van der Waals surface area contributed by atoms with Gasteiger partial charge in [0.05, 0.1) is 59.0 Å². The number of rotatable bonds is 5. The van der Waals surface area contributed by atoms with Gasteiger partial charge in [-0.1, -0.05) is 0 Å². The summed E-state index contributed by atoms with van der Waals surface area (Å²) in [6, 6.07) is 0. The number of hydrogen-bond donors (Lipinski definition) is 2. The van der Waals surface area contributed by atoms with Crippen LogP contribution in [0, 0.1) is 87.3 Å². The Hall–Kier alpha value is -3.95. The van der Waals surface area contributed by atoms with Crippen molar-refractivity contribution in [2.24, 2.45) is 0 Å². The molecule has 0 radical (unpaired) electrons. The van der Waals surface area contributed by atoms with E-state index in [-0.39, 0.29) is 0 Å². The molecule has 0 unspecified atom stereocenters. The van der Waals surface area contributed by atoms with Crippen LogP contribution >= 0.6 is 0 Å². The molecule has 260 valence electrons. The SMILES string of the molecule is C[NH+](C)C.C[NH+](C)C.[O-]B([O-])OC(=C(c1c(F)c(F)c(F)c(F)c1F)c1c(F)c(F)c(F)c(F)c1F)c1c(F)c(F)c(F)c(F)c1F. The van der Waals surface area contributed by atoms with E-state index in [1.54, 1.807) is 0 Å². The average molecular weight is 704 g/mol. The van der Waals surface area contributed by atoms with Gasteiger partial charge in [0.1, 0.15) is 13.1 Å². The predicted molar refractivity (Wildman–Crippen MR) is 129 cm³/mol. The zero-order valence-electron chi connectivity index (χ0n) is 24.5. The summed E-state index contributed by atoms with van der Waals surface area (Å²) < 4.78 is 215. The van der Waals surface area contributed by atoms with Crippen LogP contribution in [0.25, 0.3) is 11.3 Å². The van der Waals surface area contributed by atoms with Crippen LogP contribution in [0.15, 0.2) is 0 Å². The summed E-state index contributed by atoms with van der Waals surface area (Å²) in [4.78, 5) is 2.83. The maximum atomic E-state index is 14.7. The Balaban J connectivity index is 0.00000124. The first-order valence-corrected chi connectivity index (χ1v) is 12.2. The van der Waals surface area contributed by atoms with E-state index in [9.17, 15) is 75.9 Å². The van der Waals surface area contributed by atoms with Crippen molar-refractivity contribution in [3.8, 4) is 0 Å². The van der Waals surface area contributed by atoms with E-state index >= 15 is 0 Å². The van der Waals surface area contributed by atoms with Crippen molar-refractivity contribution in [1.82, 2.24) is 0 Å². The van der Waals surface area contributed by atoms with Gasteiger partial charge in [0.2, 0.25) is 17.5 Å². The molecule has 3 aromatic carbocycles. The van der Waals surface area contributed by atoms with E-state index in [0.717, 1.165) is 0 Å². The van der Waals surface area contributed by atoms with Crippen molar-refractivity contribution in [3.05, 3.63) is 104 Å². The Bertz CT molecular complexity index is 1510. The largest absolute Gasteiger partial charge is 0.860 e. The third-order valence-electron chi connectivity index (χ3n) is 4.80. The molecule has 0 fully saturated rings. The lowest BCUT2D eigenvalue weighted by atomic mass is 9.90. The van der Waals surface area contributed by atoms with Crippen molar-refractivity contribution in [3.63, 3.8) is 0 Å². The molecule has 0 spiro atoms. The highest BCUT2D eigenvalue weighted by Gasteiger charge is 2.39. The van der Waals surface area contributed by atoms with Crippen LogP contribution in [-0.4, -0.2) is 49.6 Å². The molecule has 47 heavy (non-hydrogen) atoms. The van der Waals surface area contributed by atoms with E-state index in [2.05, 4.69) is 46.9 Å². The molecular formula is C26H20BF15N2O3. The van der Waals surface area contributed by atoms with Crippen LogP contribution in [0.1, 0.15) is 16.7 Å². The Kier molecular flexibility index (Phi) is 14.2. The van der Waals surface area contributed by atoms with Gasteiger partial charge in [0, 0.05) is 5.57 Å². The normalized spacial score (nSPS) is 10.8. The molecule has 3 rings (SSSR count). The van der Waals surface area contributed by atoms with Crippen molar-refractivity contribution in [2.45, 2.75) is 0 Å². The lowest BCUT2D eigenvalue weighted by Gasteiger charge is -2.31. The highest BCUT2D eigenvalue weighted by molar-refractivity contribution is 6.31. The molecule has 0 aliphatic carbocycles. The first-order valence-electron chi connectivity index (χ1n) is 12.2. The number of quaternary nitrogens is 2. The second-order valence-corrected chi connectivity index (χ2v) is 9.95. The molecule has 0 saturated carbocycles. The van der Waals surface area contributed by atoms with Crippen molar-refractivity contribution in [2.75, 3.05) is 42.3 Å². The van der Waals surface area contributed by atoms with E-state index in [0.29, 0.717) is 0 Å². The van der Waals surface area contributed by atoms with Crippen LogP contribution in [0.3, 0.4) is 0 Å². The average Bonchev–Trinajstić information content (AvgIpc) is 2.97. The van der Waals surface area contributed by atoms with E-state index in [4.69, 9.17) is 0 Å². The van der Waals surface area contributed by atoms with Gasteiger partial charge >= 0.3 is 0 Å². The number of benzene rings is 3. The zero-order chi connectivity index (χ0) is 37.0. The molecule has 0 aliphatic rings. The quantitative estimate of drug-likeness (QED) is 0.107. The summed E-state index contributed by atoms with van der Waals surface area (Å²) in [6.45, 7) is 0. The van der Waals surface area contributed by atoms with Gasteiger partial charge in [-0.05, 0) is 0 Å². The molecule has 3 aromatic rings. The first-order chi connectivity index (χ1) is 21.4. The van der Waals surface area contributed by atoms with E-state index < -0.39 is 123 Å². The molecular weight excluding hydrogens is 684 g/mol. The Morgan fingerprint density at radius 1 is 0.383 bits per heavy atom. The highest BCUT2D eigenvalue weighted by atomic mass is 19.2. The summed E-state index contributed by atoms with van der Waals surface area (Å²) in [5, 5.41) is 22.3. The third-order valence-corrected chi connectivity index (χ3v) is 4.80. The lowest BCUT2D eigenvalue weighted by Crippen LogP contribution is -3.02. The van der Waals surface area contributed by atoms with Gasteiger partial charge < -0.3 is 24.5 Å². The van der Waals surface area contributed by atoms with Crippen LogP contribution in [0.2, 0.25) is 0 Å². The number of nitrogens with one attached hydrogen (secondary N) is 2. The van der Waals surface area contributed by atoms with Crippen LogP contribution in [0.5, 0.6) is 0 Å². The molecule has 2 N–H and O–H groups in total. The summed E-state index contributed by atoms with van der Waals surface area (Å²) in [7, 11) is 8.35. The molecule has 5 nitrogen and oxygen atoms in total. The highest BCUT2D eigenvalue weighted by Crippen LogP contribution is 2.43. The zero-order valence-corrected chi connectivity index (χ0v) is 24.5. The fraction of sp³-hybridized carbons (Fsp3) is 0.231. The second kappa shape index (κ2) is 16.2. The topological polar surface area (TPSA) is 64.2 Å². The molecule has 21 heteroatoms. The predicted octanol–water partition coefficient (Wildman–Crippen LogP) is 1.93. The van der Waals surface area contributed by atoms with Gasteiger partial charge in [0.25, 0.3) is 0 Å². The van der Waals surface area contributed by atoms with E-state index in [1.807, 2.05) is 0 Å². The first kappa shape index (κ1) is 41.1. The van der Waals surface area contributed by atoms with Gasteiger partial charge in [-0.2, -0.15) is 0 Å². The summed E-state index contributed by atoms with van der Waals surface area (Å²) in [5.74, 6) is -49.7. The minimum absolute atomic E-state index is 1.42. The molecule has 0 saturated heterocycles. The van der Waals surface area contributed by atoms with Crippen molar-refractivity contribution >= 4 is 18.7 Å². The molecule has 0 aromatic heterocycles. The number of halogens is 15. The Labute approximate surface area is 255 Å². The van der Waals surface area contributed by atoms with Gasteiger partial charge in [-0.25, -0.2) is 65.9 Å². The number of hydrogen-bond acceptors (Lipinski definition) is 3. The lowest BCUT2D eigenvalue weighted by molar-refractivity contribution is -0.836. The molecule has 0 amide bonds. The molecule has 0 aliphatic heterocycles. The monoisotopic (exact) mass is 704 g/mol. The van der Waals surface area contributed by atoms with Gasteiger partial charge in [-0.3, -0.25) is 0 Å². The molecule has 0 atom stereocenters. The van der Waals surface area contributed by atoms with Gasteiger partial charge in [0.15, 0.2) is 69.8 Å². The third kappa shape index (κ3) is 8.70. The second-order valence-electron chi connectivity index (χ2n) is 9.95. The maximum Gasteiger partial charge on any atom is 0.200 e. The van der Waals surface area contributed by atoms with E-state index in [1.165, 1.54) is 9.80 Å². The fourth-order valence-corrected chi connectivity index (χ4v) is 3.14. The summed E-state index contributed by atoms with van der Waals surface area (Å²) >= 11 is 0. The summed E-state index contributed by atoms with van der Waals surface area (Å²) in [5.41, 5.74) is -11.5. The Morgan fingerprint density at radius 2 is 0.553 bits per heavy atom. The van der Waals surface area contributed by atoms with Gasteiger partial charge in [-0.15, -0.1) is 0 Å². The fourth-order valence-electron chi connectivity index (χ4n) is 3.14. The van der Waals surface area contributed by atoms with Crippen molar-refractivity contribution in [1.29, 1.82) is 0 Å². The maximum absolute atomic E-state index is 14.7. The van der Waals surface area contributed by atoms with Crippen LogP contribution in [0.4, 0.5) is 65.9 Å².